The number of ether oxygens (including phenoxy) is 1. The Kier molecular flexibility index (Phi) is 5.67. The van der Waals surface area contributed by atoms with Crippen LogP contribution in [0.2, 0.25) is 0 Å². The molecule has 2 aliphatic rings. The second kappa shape index (κ2) is 7.73. The highest BCUT2D eigenvalue weighted by Gasteiger charge is 2.42. The molecule has 0 bridgehead atoms. The fourth-order valence-corrected chi connectivity index (χ4v) is 4.35. The maximum atomic E-state index is 5.23. The molecule has 4 heteroatoms. The van der Waals surface area contributed by atoms with Crippen LogP contribution in [0.15, 0.2) is 18.2 Å². The molecule has 2 saturated heterocycles. The average molecular weight is 317 g/mol. The normalized spacial score (nSPS) is 22.0. The Morgan fingerprint density at radius 1 is 1.17 bits per heavy atom. The van der Waals surface area contributed by atoms with Gasteiger partial charge in [0.2, 0.25) is 0 Å². The van der Waals surface area contributed by atoms with Gasteiger partial charge in [-0.25, -0.2) is 0 Å². The molecule has 4 nitrogen and oxygen atoms in total. The van der Waals surface area contributed by atoms with Crippen molar-refractivity contribution in [2.45, 2.75) is 51.1 Å². The van der Waals surface area contributed by atoms with Crippen molar-refractivity contribution >= 4 is 0 Å². The van der Waals surface area contributed by atoms with Crippen LogP contribution in [0.25, 0.3) is 0 Å². The molecule has 1 aromatic heterocycles. The van der Waals surface area contributed by atoms with Crippen LogP contribution >= 0.6 is 0 Å². The van der Waals surface area contributed by atoms with Crippen LogP contribution in [-0.4, -0.2) is 60.2 Å². The first kappa shape index (κ1) is 16.9. The summed E-state index contributed by atoms with van der Waals surface area (Å²) in [5, 5.41) is 0. The molecular formula is C19H31N3O. The molecule has 3 heterocycles. The highest BCUT2D eigenvalue weighted by molar-refractivity contribution is 5.10. The van der Waals surface area contributed by atoms with Crippen molar-refractivity contribution < 1.29 is 4.74 Å². The smallest absolute Gasteiger partial charge is 0.0547 e. The minimum Gasteiger partial charge on any atom is -0.385 e. The van der Waals surface area contributed by atoms with Crippen molar-refractivity contribution in [1.29, 1.82) is 0 Å². The minimum atomic E-state index is 0.476. The molecule has 0 aromatic carbocycles. The Morgan fingerprint density at radius 2 is 2.00 bits per heavy atom. The van der Waals surface area contributed by atoms with Gasteiger partial charge in [-0.15, -0.1) is 0 Å². The Labute approximate surface area is 140 Å². The predicted molar refractivity (Wildman–Crippen MR) is 93.5 cm³/mol. The van der Waals surface area contributed by atoms with Gasteiger partial charge in [0.1, 0.15) is 0 Å². The molecule has 0 N–H and O–H groups in total. The highest BCUT2D eigenvalue weighted by atomic mass is 16.5. The monoisotopic (exact) mass is 317 g/mol. The second-order valence-corrected chi connectivity index (χ2v) is 7.21. The number of hydrogen-bond donors (Lipinski definition) is 0. The summed E-state index contributed by atoms with van der Waals surface area (Å²) in [6.07, 6.45) is 6.54. The van der Waals surface area contributed by atoms with Gasteiger partial charge in [0.05, 0.1) is 5.69 Å². The van der Waals surface area contributed by atoms with Crippen molar-refractivity contribution in [3.63, 3.8) is 0 Å². The van der Waals surface area contributed by atoms with Crippen molar-refractivity contribution in [3.05, 3.63) is 29.6 Å². The Bertz CT molecular complexity index is 497. The number of nitrogens with zero attached hydrogens (tertiary/aromatic N) is 3. The van der Waals surface area contributed by atoms with Gasteiger partial charge in [-0.2, -0.15) is 0 Å². The molecule has 1 aromatic rings. The fraction of sp³-hybridized carbons (Fsp3) is 0.737. The van der Waals surface area contributed by atoms with Crippen LogP contribution in [0.4, 0.5) is 0 Å². The van der Waals surface area contributed by atoms with E-state index < -0.39 is 0 Å². The third kappa shape index (κ3) is 4.11. The number of aryl methyl sites for hydroxylation is 1. The molecule has 0 radical (unpaired) electrons. The van der Waals surface area contributed by atoms with E-state index in [0.717, 1.165) is 25.3 Å². The quantitative estimate of drug-likeness (QED) is 0.754. The first-order valence-corrected chi connectivity index (χ1v) is 9.11. The van der Waals surface area contributed by atoms with Crippen LogP contribution in [-0.2, 0) is 11.3 Å². The molecule has 0 atom stereocenters. The zero-order valence-electron chi connectivity index (χ0n) is 14.8. The van der Waals surface area contributed by atoms with E-state index >= 15 is 0 Å². The molecule has 0 aliphatic carbocycles. The lowest BCUT2D eigenvalue weighted by Gasteiger charge is -2.45. The van der Waals surface area contributed by atoms with Gasteiger partial charge in [0, 0.05) is 51.1 Å². The number of hydrogen-bond acceptors (Lipinski definition) is 4. The molecular weight excluding hydrogens is 286 g/mol. The summed E-state index contributed by atoms with van der Waals surface area (Å²) >= 11 is 0. The van der Waals surface area contributed by atoms with Crippen molar-refractivity contribution in [1.82, 2.24) is 14.8 Å². The summed E-state index contributed by atoms with van der Waals surface area (Å²) in [6, 6.07) is 6.35. The van der Waals surface area contributed by atoms with Crippen molar-refractivity contribution in [3.8, 4) is 0 Å². The van der Waals surface area contributed by atoms with Gasteiger partial charge in [0.15, 0.2) is 0 Å². The number of piperidine rings is 1. The van der Waals surface area contributed by atoms with Gasteiger partial charge in [-0.1, -0.05) is 6.07 Å². The van der Waals surface area contributed by atoms with Crippen LogP contribution < -0.4 is 0 Å². The zero-order chi connectivity index (χ0) is 16.1. The number of pyridine rings is 1. The van der Waals surface area contributed by atoms with Gasteiger partial charge in [-0.3, -0.25) is 14.8 Å². The molecule has 1 spiro atoms. The van der Waals surface area contributed by atoms with Crippen LogP contribution in [0.1, 0.15) is 43.5 Å². The molecule has 0 unspecified atom stereocenters. The van der Waals surface area contributed by atoms with Gasteiger partial charge >= 0.3 is 0 Å². The summed E-state index contributed by atoms with van der Waals surface area (Å²) in [7, 11) is 1.80. The van der Waals surface area contributed by atoms with E-state index in [2.05, 4.69) is 39.9 Å². The molecule has 0 amide bonds. The maximum absolute atomic E-state index is 5.23. The van der Waals surface area contributed by atoms with E-state index in [1.165, 1.54) is 57.6 Å². The van der Waals surface area contributed by atoms with Crippen LogP contribution in [0, 0.1) is 6.92 Å². The average Bonchev–Trinajstić information content (AvgIpc) is 2.93. The number of methoxy groups -OCH3 is 1. The number of likely N-dealkylation sites (tertiary alicyclic amines) is 2. The third-order valence-corrected chi connectivity index (χ3v) is 5.64. The highest BCUT2D eigenvalue weighted by Crippen LogP contribution is 2.38. The first-order chi connectivity index (χ1) is 11.2. The number of aromatic nitrogens is 1. The Balaban J connectivity index is 1.52. The Morgan fingerprint density at radius 3 is 2.74 bits per heavy atom. The van der Waals surface area contributed by atoms with Gasteiger partial charge in [-0.05, 0) is 57.7 Å². The Hall–Kier alpha value is -0.970. The van der Waals surface area contributed by atoms with Crippen molar-refractivity contribution in [2.75, 3.05) is 39.9 Å². The molecule has 0 saturated carbocycles. The zero-order valence-corrected chi connectivity index (χ0v) is 14.8. The topological polar surface area (TPSA) is 28.6 Å². The molecule has 2 fully saturated rings. The fourth-order valence-electron chi connectivity index (χ4n) is 4.35. The summed E-state index contributed by atoms with van der Waals surface area (Å²) in [4.78, 5) is 10.00. The summed E-state index contributed by atoms with van der Waals surface area (Å²) in [6.45, 7) is 8.85. The molecule has 128 valence electrons. The molecule has 3 rings (SSSR count). The molecule has 23 heavy (non-hydrogen) atoms. The lowest BCUT2D eigenvalue weighted by molar-refractivity contribution is 0.0439. The van der Waals surface area contributed by atoms with E-state index in [9.17, 15) is 0 Å². The summed E-state index contributed by atoms with van der Waals surface area (Å²) < 4.78 is 5.23. The summed E-state index contributed by atoms with van der Waals surface area (Å²) in [5.41, 5.74) is 2.81. The van der Waals surface area contributed by atoms with Crippen LogP contribution in [0.3, 0.4) is 0 Å². The second-order valence-electron chi connectivity index (χ2n) is 7.21. The van der Waals surface area contributed by atoms with E-state index in [0.29, 0.717) is 5.54 Å². The van der Waals surface area contributed by atoms with E-state index in [4.69, 9.17) is 4.74 Å². The summed E-state index contributed by atoms with van der Waals surface area (Å²) in [5.74, 6) is 0. The van der Waals surface area contributed by atoms with E-state index in [-0.39, 0.29) is 0 Å². The largest absolute Gasteiger partial charge is 0.385 e. The van der Waals surface area contributed by atoms with Crippen LogP contribution in [0.5, 0.6) is 0 Å². The standard InChI is InChI=1S/C19H31N3O/c1-17-6-3-7-18(20-17)16-21-13-9-19(10-14-21)8-4-11-22(19)12-5-15-23-2/h3,6-7H,4-5,8-16H2,1-2H3. The maximum Gasteiger partial charge on any atom is 0.0547 e. The SMILES string of the molecule is COCCCN1CCCC12CCN(Cc1cccc(C)n1)CC2. The van der Waals surface area contributed by atoms with Gasteiger partial charge in [0.25, 0.3) is 0 Å². The first-order valence-electron chi connectivity index (χ1n) is 9.11. The minimum absolute atomic E-state index is 0.476. The molecule has 2 aliphatic heterocycles. The lowest BCUT2D eigenvalue weighted by Crippen LogP contribution is -2.52. The van der Waals surface area contributed by atoms with Crippen molar-refractivity contribution in [2.24, 2.45) is 0 Å². The lowest BCUT2D eigenvalue weighted by atomic mass is 9.84. The van der Waals surface area contributed by atoms with E-state index in [1.807, 2.05) is 0 Å². The number of rotatable bonds is 6. The van der Waals surface area contributed by atoms with E-state index in [1.54, 1.807) is 7.11 Å². The third-order valence-electron chi connectivity index (χ3n) is 5.64. The van der Waals surface area contributed by atoms with Gasteiger partial charge < -0.3 is 4.74 Å². The predicted octanol–water partition coefficient (Wildman–Crippen LogP) is 2.86.